The molecule has 0 bridgehead atoms. The Morgan fingerprint density at radius 3 is 2.58 bits per heavy atom. The van der Waals surface area contributed by atoms with Crippen LogP contribution in [0.2, 0.25) is 5.02 Å². The lowest BCUT2D eigenvalue weighted by atomic mass is 10.2. The molecule has 1 heterocycles. The first kappa shape index (κ1) is 14.7. The third kappa shape index (κ3) is 3.26. The Balaban J connectivity index is 2.37. The molecular weight excluding hydrogens is 362 g/mol. The van der Waals surface area contributed by atoms with Gasteiger partial charge in [0.2, 0.25) is 10.0 Å². The van der Waals surface area contributed by atoms with Gasteiger partial charge in [-0.2, -0.15) is 0 Å². The summed E-state index contributed by atoms with van der Waals surface area (Å²) in [7, 11) is -3.94. The van der Waals surface area contributed by atoms with E-state index in [-0.39, 0.29) is 26.1 Å². The van der Waals surface area contributed by atoms with E-state index in [4.69, 9.17) is 26.2 Å². The van der Waals surface area contributed by atoms with Gasteiger partial charge >= 0.3 is 5.97 Å². The van der Waals surface area contributed by atoms with Gasteiger partial charge in [-0.15, -0.1) is 0 Å². The minimum atomic E-state index is -3.94. The van der Waals surface area contributed by atoms with Crippen LogP contribution in [0.4, 0.5) is 0 Å². The maximum atomic E-state index is 11.9. The normalized spacial score (nSPS) is 15.9. The number of rotatable bonds is 3. The highest BCUT2D eigenvalue weighted by Crippen LogP contribution is 2.30. The standard InChI is InChI=1S/C10H9BrClNO5S/c11-8-2-6(19(13,15)16)1-7(9(8)12)10(14)18-5-3-17-4-5/h1-2,5H,3-4H2,(H2,13,15,16). The van der Waals surface area contributed by atoms with Crippen LogP contribution in [0.3, 0.4) is 0 Å². The average molecular weight is 371 g/mol. The largest absolute Gasteiger partial charge is 0.454 e. The number of sulfonamides is 1. The molecule has 1 aromatic carbocycles. The SMILES string of the molecule is NS(=O)(=O)c1cc(Br)c(Cl)c(C(=O)OC2COC2)c1. The van der Waals surface area contributed by atoms with Crippen LogP contribution >= 0.6 is 27.5 Å². The van der Waals surface area contributed by atoms with Crippen molar-refractivity contribution in [3.63, 3.8) is 0 Å². The minimum absolute atomic E-state index is 0.0630. The third-order valence-electron chi connectivity index (χ3n) is 2.43. The molecule has 0 aromatic heterocycles. The number of ether oxygens (including phenoxy) is 2. The van der Waals surface area contributed by atoms with Crippen LogP contribution in [0, 0.1) is 0 Å². The van der Waals surface area contributed by atoms with E-state index in [9.17, 15) is 13.2 Å². The fraction of sp³-hybridized carbons (Fsp3) is 0.300. The van der Waals surface area contributed by atoms with Crippen molar-refractivity contribution < 1.29 is 22.7 Å². The highest BCUT2D eigenvalue weighted by Gasteiger charge is 2.26. The summed E-state index contributed by atoms with van der Waals surface area (Å²) in [5, 5.41) is 5.09. The number of benzene rings is 1. The van der Waals surface area contributed by atoms with Gasteiger partial charge in [0.15, 0.2) is 0 Å². The molecule has 2 rings (SSSR count). The van der Waals surface area contributed by atoms with E-state index in [1.807, 2.05) is 0 Å². The average Bonchev–Trinajstić information content (AvgIpc) is 2.25. The third-order valence-corrected chi connectivity index (χ3v) is 4.59. The van der Waals surface area contributed by atoms with Crippen molar-refractivity contribution in [1.29, 1.82) is 0 Å². The van der Waals surface area contributed by atoms with Gasteiger partial charge < -0.3 is 9.47 Å². The number of carbonyl (C=O) groups is 1. The van der Waals surface area contributed by atoms with Gasteiger partial charge in [-0.05, 0) is 28.1 Å². The second-order valence-electron chi connectivity index (χ2n) is 3.88. The Morgan fingerprint density at radius 2 is 2.11 bits per heavy atom. The molecule has 0 atom stereocenters. The van der Waals surface area contributed by atoms with Gasteiger partial charge in [0.1, 0.15) is 6.10 Å². The first-order valence-electron chi connectivity index (χ1n) is 5.09. The second-order valence-corrected chi connectivity index (χ2v) is 6.67. The van der Waals surface area contributed by atoms with E-state index in [1.54, 1.807) is 0 Å². The molecule has 0 aliphatic carbocycles. The lowest BCUT2D eigenvalue weighted by Gasteiger charge is -2.25. The van der Waals surface area contributed by atoms with E-state index in [0.717, 1.165) is 6.07 Å². The number of hydrogen-bond acceptors (Lipinski definition) is 5. The Labute approximate surface area is 123 Å². The zero-order chi connectivity index (χ0) is 14.2. The minimum Gasteiger partial charge on any atom is -0.454 e. The van der Waals surface area contributed by atoms with Crippen LogP contribution in [-0.4, -0.2) is 33.7 Å². The molecule has 0 radical (unpaired) electrons. The summed E-state index contributed by atoms with van der Waals surface area (Å²) < 4.78 is 32.8. The number of halogens is 2. The predicted molar refractivity (Wildman–Crippen MR) is 70.5 cm³/mol. The summed E-state index contributed by atoms with van der Waals surface area (Å²) >= 11 is 9.01. The van der Waals surface area contributed by atoms with Crippen LogP contribution in [0.25, 0.3) is 0 Å². The van der Waals surface area contributed by atoms with Gasteiger partial charge in [0.05, 0.1) is 28.7 Å². The molecule has 0 unspecified atom stereocenters. The molecule has 1 aliphatic heterocycles. The highest BCUT2D eigenvalue weighted by molar-refractivity contribution is 9.10. The van der Waals surface area contributed by atoms with Gasteiger partial charge in [-0.1, -0.05) is 11.6 Å². The number of hydrogen-bond donors (Lipinski definition) is 1. The maximum absolute atomic E-state index is 11.9. The van der Waals surface area contributed by atoms with Crippen molar-refractivity contribution in [2.75, 3.05) is 13.2 Å². The van der Waals surface area contributed by atoms with E-state index in [2.05, 4.69) is 15.9 Å². The Hall–Kier alpha value is -0.670. The maximum Gasteiger partial charge on any atom is 0.340 e. The van der Waals surface area contributed by atoms with E-state index in [0.29, 0.717) is 13.2 Å². The molecular formula is C10H9BrClNO5S. The number of esters is 1. The van der Waals surface area contributed by atoms with Crippen molar-refractivity contribution in [2.24, 2.45) is 5.14 Å². The summed E-state index contributed by atoms with van der Waals surface area (Å²) in [6, 6.07) is 2.31. The lowest BCUT2D eigenvalue weighted by molar-refractivity contribution is -0.103. The molecule has 1 aliphatic rings. The van der Waals surface area contributed by atoms with E-state index >= 15 is 0 Å². The number of carbonyl (C=O) groups excluding carboxylic acids is 1. The quantitative estimate of drug-likeness (QED) is 0.809. The van der Waals surface area contributed by atoms with E-state index < -0.39 is 16.0 Å². The fourth-order valence-corrected chi connectivity index (χ4v) is 2.74. The second kappa shape index (κ2) is 5.37. The van der Waals surface area contributed by atoms with Crippen LogP contribution in [0.1, 0.15) is 10.4 Å². The summed E-state index contributed by atoms with van der Waals surface area (Å²) in [4.78, 5) is 11.7. The zero-order valence-corrected chi connectivity index (χ0v) is 12.6. The van der Waals surface area contributed by atoms with Gasteiger partial charge in [0.25, 0.3) is 0 Å². The molecule has 19 heavy (non-hydrogen) atoms. The summed E-state index contributed by atoms with van der Waals surface area (Å²) in [6.45, 7) is 0.638. The molecule has 1 fully saturated rings. The molecule has 1 saturated heterocycles. The van der Waals surface area contributed by atoms with Crippen molar-refractivity contribution in [1.82, 2.24) is 0 Å². The molecule has 0 amide bonds. The first-order chi connectivity index (χ1) is 8.79. The molecule has 9 heteroatoms. The van der Waals surface area contributed by atoms with Crippen molar-refractivity contribution in [3.8, 4) is 0 Å². The smallest absolute Gasteiger partial charge is 0.340 e. The number of primary sulfonamides is 1. The summed E-state index contributed by atoms with van der Waals surface area (Å²) in [5.41, 5.74) is -0.0630. The van der Waals surface area contributed by atoms with Crippen molar-refractivity contribution in [2.45, 2.75) is 11.0 Å². The fourth-order valence-electron chi connectivity index (χ4n) is 1.37. The monoisotopic (exact) mass is 369 g/mol. The van der Waals surface area contributed by atoms with Gasteiger partial charge in [-0.25, -0.2) is 18.4 Å². The molecule has 6 nitrogen and oxygen atoms in total. The number of nitrogens with two attached hydrogens (primary N) is 1. The predicted octanol–water partition coefficient (Wildman–Crippen LogP) is 1.31. The molecule has 0 saturated carbocycles. The van der Waals surface area contributed by atoms with Crippen LogP contribution in [0.15, 0.2) is 21.5 Å². The highest BCUT2D eigenvalue weighted by atomic mass is 79.9. The Bertz CT molecular complexity index is 629. The van der Waals surface area contributed by atoms with Gasteiger partial charge in [0, 0.05) is 4.47 Å². The van der Waals surface area contributed by atoms with Crippen molar-refractivity contribution >= 4 is 43.5 Å². The van der Waals surface area contributed by atoms with Gasteiger partial charge in [-0.3, -0.25) is 0 Å². The topological polar surface area (TPSA) is 95.7 Å². The summed E-state index contributed by atoms with van der Waals surface area (Å²) in [6.07, 6.45) is -0.333. The molecule has 2 N–H and O–H groups in total. The summed E-state index contributed by atoms with van der Waals surface area (Å²) in [5.74, 6) is -0.718. The van der Waals surface area contributed by atoms with Crippen LogP contribution in [-0.2, 0) is 19.5 Å². The zero-order valence-electron chi connectivity index (χ0n) is 9.43. The van der Waals surface area contributed by atoms with Crippen LogP contribution < -0.4 is 5.14 Å². The molecule has 104 valence electrons. The van der Waals surface area contributed by atoms with Crippen molar-refractivity contribution in [3.05, 3.63) is 27.2 Å². The van der Waals surface area contributed by atoms with Crippen LogP contribution in [0.5, 0.6) is 0 Å². The molecule has 0 spiro atoms. The molecule has 1 aromatic rings. The lowest BCUT2D eigenvalue weighted by Crippen LogP contribution is -2.37. The van der Waals surface area contributed by atoms with E-state index in [1.165, 1.54) is 6.07 Å². The Morgan fingerprint density at radius 1 is 1.47 bits per heavy atom. The first-order valence-corrected chi connectivity index (χ1v) is 7.81. The Kier molecular flexibility index (Phi) is 4.17.